The van der Waals surface area contributed by atoms with Gasteiger partial charge in [-0.05, 0) is 64.2 Å². The standard InChI is InChI=1S/C59H111NO10/c1-3-5-7-9-11-13-15-17-19-21-23-24-25-26-27-29-31-33-35-37-39-41-43-45-47-52(63)58(68)60-50(49-69-59-57(67)56(66)55(65)53(48-61)70-59)54(64)51(62)46-44-42-40-38-36-34-32-30-28-22-20-18-16-14-12-10-8-6-4-2/h18,20,30,32,38,40,50-57,59,61-67H,3-17,19,21-29,31,33-37,39,41-49H2,1-2H3,(H,60,68)/b20-18+,32-30+,40-38+. The zero-order chi connectivity index (χ0) is 51.1. The summed E-state index contributed by atoms with van der Waals surface area (Å²) in [6.07, 6.45) is 47.7. The SMILES string of the molecule is CCCCCCCC/C=C/CC/C=C/CC/C=C/CCCC(O)C(O)C(COC1OC(CO)C(O)C(O)C1O)NC(=O)C(O)CCCCCCCCCCCCCCCCCCCCCCCCCC. The number of unbranched alkanes of at least 4 members (excludes halogenated alkanes) is 32. The molecule has 9 unspecified atom stereocenters. The number of aliphatic hydroxyl groups excluding tert-OH is 7. The highest BCUT2D eigenvalue weighted by Gasteiger charge is 2.44. The molecule has 0 aromatic heterocycles. The van der Waals surface area contributed by atoms with Gasteiger partial charge in [0.05, 0.1) is 25.4 Å². The van der Waals surface area contributed by atoms with Crippen LogP contribution in [0.3, 0.4) is 0 Å². The zero-order valence-corrected chi connectivity index (χ0v) is 45.0. The molecule has 1 rings (SSSR count). The predicted octanol–water partition coefficient (Wildman–Crippen LogP) is 12.3. The first-order valence-corrected chi connectivity index (χ1v) is 29.4. The van der Waals surface area contributed by atoms with E-state index in [9.17, 15) is 40.5 Å². The van der Waals surface area contributed by atoms with Crippen LogP contribution >= 0.6 is 0 Å². The highest BCUT2D eigenvalue weighted by atomic mass is 16.7. The molecule has 11 nitrogen and oxygen atoms in total. The molecule has 1 amide bonds. The van der Waals surface area contributed by atoms with Crippen molar-refractivity contribution in [2.45, 2.75) is 319 Å². The highest BCUT2D eigenvalue weighted by molar-refractivity contribution is 5.80. The average molecular weight is 995 g/mol. The molecule has 8 N–H and O–H groups in total. The minimum absolute atomic E-state index is 0.242. The number of carbonyl (C=O) groups is 1. The lowest BCUT2D eigenvalue weighted by molar-refractivity contribution is -0.303. The molecule has 11 heteroatoms. The summed E-state index contributed by atoms with van der Waals surface area (Å²) < 4.78 is 11.1. The molecule has 1 fully saturated rings. The summed E-state index contributed by atoms with van der Waals surface area (Å²) >= 11 is 0. The normalized spacial score (nSPS) is 20.5. The van der Waals surface area contributed by atoms with Crippen LogP contribution in [-0.4, -0.2) is 110 Å². The van der Waals surface area contributed by atoms with Crippen LogP contribution < -0.4 is 5.32 Å². The lowest BCUT2D eigenvalue weighted by atomic mass is 9.98. The van der Waals surface area contributed by atoms with Gasteiger partial charge in [0.1, 0.15) is 36.6 Å². The molecule has 0 aromatic carbocycles. The van der Waals surface area contributed by atoms with Gasteiger partial charge in [-0.2, -0.15) is 0 Å². The van der Waals surface area contributed by atoms with Gasteiger partial charge in [0.15, 0.2) is 6.29 Å². The fraction of sp³-hybridized carbons (Fsp3) is 0.881. The van der Waals surface area contributed by atoms with Crippen molar-refractivity contribution in [2.75, 3.05) is 13.2 Å². The van der Waals surface area contributed by atoms with Crippen LogP contribution in [0.25, 0.3) is 0 Å². The monoisotopic (exact) mass is 994 g/mol. The molecule has 1 saturated heterocycles. The summed E-state index contributed by atoms with van der Waals surface area (Å²) in [6, 6.07) is -1.19. The maximum absolute atomic E-state index is 13.2. The van der Waals surface area contributed by atoms with Crippen molar-refractivity contribution in [3.05, 3.63) is 36.5 Å². The van der Waals surface area contributed by atoms with Crippen LogP contribution in [0.4, 0.5) is 0 Å². The van der Waals surface area contributed by atoms with E-state index in [1.54, 1.807) is 0 Å². The topological polar surface area (TPSA) is 189 Å². The van der Waals surface area contributed by atoms with Crippen LogP contribution in [0, 0.1) is 0 Å². The summed E-state index contributed by atoms with van der Waals surface area (Å²) in [4.78, 5) is 13.2. The first-order valence-electron chi connectivity index (χ1n) is 29.4. The van der Waals surface area contributed by atoms with E-state index in [4.69, 9.17) is 9.47 Å². The fourth-order valence-corrected chi connectivity index (χ4v) is 9.36. The molecule has 412 valence electrons. The Morgan fingerprint density at radius 3 is 1.27 bits per heavy atom. The number of rotatable bonds is 50. The number of hydrogen-bond acceptors (Lipinski definition) is 10. The molecule has 70 heavy (non-hydrogen) atoms. The van der Waals surface area contributed by atoms with Gasteiger partial charge in [0, 0.05) is 0 Å². The summed E-state index contributed by atoms with van der Waals surface area (Å²) in [5.41, 5.74) is 0. The Hall–Kier alpha value is -1.67. The van der Waals surface area contributed by atoms with Crippen molar-refractivity contribution in [3.8, 4) is 0 Å². The van der Waals surface area contributed by atoms with E-state index in [1.807, 2.05) is 0 Å². The van der Waals surface area contributed by atoms with Crippen molar-refractivity contribution in [1.82, 2.24) is 5.32 Å². The summed E-state index contributed by atoms with van der Waals surface area (Å²) in [5, 5.41) is 76.1. The quantitative estimate of drug-likeness (QED) is 0.0215. The second-order valence-corrected chi connectivity index (χ2v) is 20.7. The lowest BCUT2D eigenvalue weighted by Gasteiger charge is -2.40. The summed E-state index contributed by atoms with van der Waals surface area (Å²) in [5.74, 6) is -0.709. The van der Waals surface area contributed by atoms with Gasteiger partial charge in [0.2, 0.25) is 5.91 Å². The third-order valence-electron chi connectivity index (χ3n) is 14.2. The van der Waals surface area contributed by atoms with Crippen LogP contribution in [0.2, 0.25) is 0 Å². The highest BCUT2D eigenvalue weighted by Crippen LogP contribution is 2.23. The Bertz CT molecular complexity index is 1230. The predicted molar refractivity (Wildman–Crippen MR) is 289 cm³/mol. The van der Waals surface area contributed by atoms with Crippen molar-refractivity contribution < 1.29 is 50.0 Å². The lowest BCUT2D eigenvalue weighted by Crippen LogP contribution is -2.60. The van der Waals surface area contributed by atoms with Crippen molar-refractivity contribution in [2.24, 2.45) is 0 Å². The Morgan fingerprint density at radius 2 is 0.857 bits per heavy atom. The number of hydrogen-bond donors (Lipinski definition) is 8. The van der Waals surface area contributed by atoms with Gasteiger partial charge in [-0.25, -0.2) is 0 Å². The van der Waals surface area contributed by atoms with Crippen LogP contribution in [-0.2, 0) is 14.3 Å². The van der Waals surface area contributed by atoms with Gasteiger partial charge >= 0.3 is 0 Å². The maximum Gasteiger partial charge on any atom is 0.249 e. The minimum atomic E-state index is -1.67. The molecular formula is C59H111NO10. The van der Waals surface area contributed by atoms with Crippen LogP contribution in [0.5, 0.6) is 0 Å². The second-order valence-electron chi connectivity index (χ2n) is 20.7. The van der Waals surface area contributed by atoms with Gasteiger partial charge < -0.3 is 50.5 Å². The van der Waals surface area contributed by atoms with E-state index in [-0.39, 0.29) is 12.8 Å². The minimum Gasteiger partial charge on any atom is -0.394 e. The molecule has 0 aromatic rings. The second kappa shape index (κ2) is 48.3. The Labute approximate surface area is 428 Å². The van der Waals surface area contributed by atoms with Gasteiger partial charge in [-0.1, -0.05) is 237 Å². The Morgan fingerprint density at radius 1 is 0.486 bits per heavy atom. The first kappa shape index (κ1) is 66.3. The molecule has 0 saturated carbocycles. The van der Waals surface area contributed by atoms with Crippen molar-refractivity contribution in [3.63, 3.8) is 0 Å². The summed E-state index contributed by atoms with van der Waals surface area (Å²) in [6.45, 7) is 3.45. The molecule has 0 spiro atoms. The van der Waals surface area contributed by atoms with E-state index in [0.29, 0.717) is 19.3 Å². The molecule has 0 aliphatic carbocycles. The van der Waals surface area contributed by atoms with Crippen molar-refractivity contribution >= 4 is 5.91 Å². The molecule has 0 radical (unpaired) electrons. The number of carbonyl (C=O) groups excluding carboxylic acids is 1. The Balaban J connectivity index is 2.33. The smallest absolute Gasteiger partial charge is 0.249 e. The van der Waals surface area contributed by atoms with E-state index in [0.717, 1.165) is 44.9 Å². The number of ether oxygens (including phenoxy) is 2. The average Bonchev–Trinajstić information content (AvgIpc) is 3.36. The van der Waals surface area contributed by atoms with Gasteiger partial charge in [-0.15, -0.1) is 0 Å². The largest absolute Gasteiger partial charge is 0.394 e. The molecule has 1 aliphatic rings. The van der Waals surface area contributed by atoms with E-state index < -0.39 is 74.2 Å². The molecule has 1 heterocycles. The molecular weight excluding hydrogens is 883 g/mol. The van der Waals surface area contributed by atoms with Gasteiger partial charge in [-0.3, -0.25) is 4.79 Å². The van der Waals surface area contributed by atoms with Crippen LogP contribution in [0.1, 0.15) is 264 Å². The van der Waals surface area contributed by atoms with Crippen molar-refractivity contribution in [1.29, 1.82) is 0 Å². The number of allylic oxidation sites excluding steroid dienone is 6. The number of aliphatic hydroxyl groups is 7. The molecule has 9 atom stereocenters. The fourth-order valence-electron chi connectivity index (χ4n) is 9.36. The van der Waals surface area contributed by atoms with E-state index in [1.165, 1.54) is 173 Å². The third-order valence-corrected chi connectivity index (χ3v) is 14.2. The first-order chi connectivity index (χ1) is 34.2. The van der Waals surface area contributed by atoms with E-state index >= 15 is 0 Å². The van der Waals surface area contributed by atoms with Crippen LogP contribution in [0.15, 0.2) is 36.5 Å². The molecule has 1 aliphatic heterocycles. The third kappa shape index (κ3) is 36.3. The molecule has 0 bridgehead atoms. The maximum atomic E-state index is 13.2. The Kier molecular flexibility index (Phi) is 45.8. The number of nitrogens with one attached hydrogen (secondary N) is 1. The van der Waals surface area contributed by atoms with Gasteiger partial charge in [0.25, 0.3) is 0 Å². The van der Waals surface area contributed by atoms with E-state index in [2.05, 4.69) is 55.6 Å². The zero-order valence-electron chi connectivity index (χ0n) is 45.0. The summed E-state index contributed by atoms with van der Waals surface area (Å²) in [7, 11) is 0. The number of amides is 1.